The molecule has 0 amide bonds. The van der Waals surface area contributed by atoms with Crippen molar-refractivity contribution >= 4 is 17.7 Å². The summed E-state index contributed by atoms with van der Waals surface area (Å²) in [6.45, 7) is 9.87. The van der Waals surface area contributed by atoms with Gasteiger partial charge in [0.2, 0.25) is 0 Å². The van der Waals surface area contributed by atoms with Gasteiger partial charge in [-0.25, -0.2) is 0 Å². The average Bonchev–Trinajstić information content (AvgIpc) is 3.28. The Bertz CT molecular complexity index is 422. The monoisotopic (exact) mass is 338 g/mol. The van der Waals surface area contributed by atoms with E-state index in [0.717, 1.165) is 50.5 Å². The summed E-state index contributed by atoms with van der Waals surface area (Å²) in [5, 5.41) is 3.51. The molecule has 4 heterocycles. The normalized spacial score (nSPS) is 37.4. The SMILES string of the molecule is CCNC(=NCCN1CCSCC1)N1CC2C3CCC(O3)C2C1. The molecule has 0 aromatic rings. The lowest BCUT2D eigenvalue weighted by atomic mass is 9.82. The molecule has 1 N–H and O–H groups in total. The number of hydrogen-bond acceptors (Lipinski definition) is 4. The van der Waals surface area contributed by atoms with Gasteiger partial charge in [0.05, 0.1) is 18.8 Å². The Labute approximate surface area is 144 Å². The first-order valence-electron chi connectivity index (χ1n) is 9.34. The fraction of sp³-hybridized carbons (Fsp3) is 0.941. The summed E-state index contributed by atoms with van der Waals surface area (Å²) in [6.07, 6.45) is 3.62. The van der Waals surface area contributed by atoms with Gasteiger partial charge in [0.25, 0.3) is 0 Å². The molecule has 0 aromatic carbocycles. The van der Waals surface area contributed by atoms with Crippen molar-refractivity contribution in [1.29, 1.82) is 0 Å². The van der Waals surface area contributed by atoms with Gasteiger partial charge in [-0.1, -0.05) is 0 Å². The summed E-state index contributed by atoms with van der Waals surface area (Å²) < 4.78 is 6.09. The molecule has 0 radical (unpaired) electrons. The van der Waals surface area contributed by atoms with Gasteiger partial charge in [-0.05, 0) is 19.8 Å². The van der Waals surface area contributed by atoms with Gasteiger partial charge < -0.3 is 15.0 Å². The highest BCUT2D eigenvalue weighted by atomic mass is 32.2. The van der Waals surface area contributed by atoms with Crippen molar-refractivity contribution in [2.24, 2.45) is 16.8 Å². The molecule has 5 nitrogen and oxygen atoms in total. The molecule has 0 aromatic heterocycles. The van der Waals surface area contributed by atoms with Crippen LogP contribution in [0.4, 0.5) is 0 Å². The lowest BCUT2D eigenvalue weighted by Crippen LogP contribution is -2.42. The third-order valence-corrected chi connectivity index (χ3v) is 6.81. The van der Waals surface area contributed by atoms with Crippen molar-refractivity contribution < 1.29 is 4.74 Å². The van der Waals surface area contributed by atoms with Gasteiger partial charge in [0.1, 0.15) is 0 Å². The van der Waals surface area contributed by atoms with E-state index >= 15 is 0 Å². The zero-order valence-electron chi connectivity index (χ0n) is 14.2. The molecule has 0 aliphatic carbocycles. The molecule has 4 rings (SSSR count). The van der Waals surface area contributed by atoms with Gasteiger partial charge >= 0.3 is 0 Å². The molecule has 2 bridgehead atoms. The maximum atomic E-state index is 6.09. The summed E-state index contributed by atoms with van der Waals surface area (Å²) in [6, 6.07) is 0. The minimum atomic E-state index is 0.531. The maximum absolute atomic E-state index is 6.09. The summed E-state index contributed by atoms with van der Waals surface area (Å²) in [4.78, 5) is 9.98. The number of aliphatic imine (C=N–C) groups is 1. The number of hydrogen-bond donors (Lipinski definition) is 1. The number of thioether (sulfide) groups is 1. The van der Waals surface area contributed by atoms with Crippen molar-refractivity contribution in [2.45, 2.75) is 32.0 Å². The van der Waals surface area contributed by atoms with Crippen molar-refractivity contribution in [1.82, 2.24) is 15.1 Å². The highest BCUT2D eigenvalue weighted by Crippen LogP contribution is 2.47. The van der Waals surface area contributed by atoms with Gasteiger partial charge in [0, 0.05) is 62.6 Å². The molecule has 0 spiro atoms. The van der Waals surface area contributed by atoms with Gasteiger partial charge in [-0.2, -0.15) is 11.8 Å². The van der Waals surface area contributed by atoms with Crippen LogP contribution in [0, 0.1) is 11.8 Å². The molecule has 4 saturated heterocycles. The van der Waals surface area contributed by atoms with Crippen molar-refractivity contribution in [3.8, 4) is 0 Å². The maximum Gasteiger partial charge on any atom is 0.193 e. The smallest absolute Gasteiger partial charge is 0.193 e. The van der Waals surface area contributed by atoms with Crippen molar-refractivity contribution in [2.75, 3.05) is 57.3 Å². The van der Waals surface area contributed by atoms with Crippen molar-refractivity contribution in [3.05, 3.63) is 0 Å². The molecule has 4 atom stereocenters. The summed E-state index contributed by atoms with van der Waals surface area (Å²) >= 11 is 2.07. The van der Waals surface area contributed by atoms with Crippen LogP contribution in [0.2, 0.25) is 0 Å². The van der Waals surface area contributed by atoms with E-state index < -0.39 is 0 Å². The predicted molar refractivity (Wildman–Crippen MR) is 96.2 cm³/mol. The fourth-order valence-electron chi connectivity index (χ4n) is 4.68. The summed E-state index contributed by atoms with van der Waals surface area (Å²) in [5.41, 5.74) is 0. The van der Waals surface area contributed by atoms with Crippen LogP contribution in [-0.4, -0.2) is 85.3 Å². The molecular formula is C17H30N4OS. The second-order valence-corrected chi connectivity index (χ2v) is 8.44. The van der Waals surface area contributed by atoms with Crippen LogP contribution in [0.25, 0.3) is 0 Å². The zero-order chi connectivity index (χ0) is 15.6. The molecule has 23 heavy (non-hydrogen) atoms. The molecule has 4 aliphatic heterocycles. The van der Waals surface area contributed by atoms with Crippen LogP contribution in [0.3, 0.4) is 0 Å². The average molecular weight is 339 g/mol. The highest BCUT2D eigenvalue weighted by Gasteiger charge is 2.53. The Hall–Kier alpha value is -0.460. The first-order valence-corrected chi connectivity index (χ1v) is 10.5. The first-order chi connectivity index (χ1) is 11.3. The standard InChI is InChI=1S/C17H30N4OS/c1-2-18-17(19-5-6-20-7-9-23-10-8-20)21-11-13-14(12-21)16-4-3-15(13)22-16/h13-16H,2-12H2,1H3,(H,18,19). The Morgan fingerprint density at radius 2 is 1.87 bits per heavy atom. The second-order valence-electron chi connectivity index (χ2n) is 7.21. The minimum Gasteiger partial charge on any atom is -0.374 e. The topological polar surface area (TPSA) is 40.1 Å². The number of ether oxygens (including phenoxy) is 1. The number of fused-ring (bicyclic) bond motifs is 5. The molecule has 4 fully saturated rings. The molecule has 4 unspecified atom stereocenters. The van der Waals surface area contributed by atoms with Gasteiger partial charge in [0.15, 0.2) is 5.96 Å². The lowest BCUT2D eigenvalue weighted by molar-refractivity contribution is 0.0767. The van der Waals surface area contributed by atoms with E-state index in [4.69, 9.17) is 9.73 Å². The first kappa shape index (κ1) is 16.0. The number of nitrogens with zero attached hydrogens (tertiary/aromatic N) is 3. The molecule has 4 aliphatic rings. The summed E-state index contributed by atoms with van der Waals surface area (Å²) in [7, 11) is 0. The Morgan fingerprint density at radius 1 is 1.17 bits per heavy atom. The van der Waals surface area contributed by atoms with E-state index in [1.54, 1.807) is 0 Å². The number of rotatable bonds is 4. The second kappa shape index (κ2) is 7.19. The molecular weight excluding hydrogens is 308 g/mol. The van der Waals surface area contributed by atoms with E-state index in [0.29, 0.717) is 12.2 Å². The number of nitrogens with one attached hydrogen (secondary N) is 1. The van der Waals surface area contributed by atoms with E-state index in [1.165, 1.54) is 37.4 Å². The van der Waals surface area contributed by atoms with Crippen molar-refractivity contribution in [3.63, 3.8) is 0 Å². The molecule has 6 heteroatoms. The van der Waals surface area contributed by atoms with Gasteiger partial charge in [-0.3, -0.25) is 9.89 Å². The molecule has 130 valence electrons. The predicted octanol–water partition coefficient (Wildman–Crippen LogP) is 1.11. The Morgan fingerprint density at radius 3 is 2.52 bits per heavy atom. The van der Waals surface area contributed by atoms with Gasteiger partial charge in [-0.15, -0.1) is 0 Å². The molecule has 0 saturated carbocycles. The third kappa shape index (κ3) is 3.35. The largest absolute Gasteiger partial charge is 0.374 e. The Kier molecular flexibility index (Phi) is 5.02. The van der Waals surface area contributed by atoms with Crippen LogP contribution >= 0.6 is 11.8 Å². The van der Waals surface area contributed by atoms with Crippen LogP contribution in [-0.2, 0) is 4.74 Å². The minimum absolute atomic E-state index is 0.531. The van der Waals surface area contributed by atoms with E-state index in [9.17, 15) is 0 Å². The lowest BCUT2D eigenvalue weighted by Gasteiger charge is -2.26. The fourth-order valence-corrected chi connectivity index (χ4v) is 5.66. The third-order valence-electron chi connectivity index (χ3n) is 5.87. The summed E-state index contributed by atoms with van der Waals surface area (Å²) in [5.74, 6) is 5.19. The van der Waals surface area contributed by atoms with E-state index in [-0.39, 0.29) is 0 Å². The van der Waals surface area contributed by atoms with Crippen LogP contribution in [0.1, 0.15) is 19.8 Å². The van der Waals surface area contributed by atoms with Crippen LogP contribution < -0.4 is 5.32 Å². The zero-order valence-corrected chi connectivity index (χ0v) is 15.1. The van der Waals surface area contributed by atoms with E-state index in [2.05, 4.69) is 33.8 Å². The van der Waals surface area contributed by atoms with Crippen LogP contribution in [0.15, 0.2) is 4.99 Å². The van der Waals surface area contributed by atoms with E-state index in [1.807, 2.05) is 0 Å². The van der Waals surface area contributed by atoms with Crippen LogP contribution in [0.5, 0.6) is 0 Å². The Balaban J connectivity index is 1.33. The highest BCUT2D eigenvalue weighted by molar-refractivity contribution is 7.99. The number of guanidine groups is 1. The number of likely N-dealkylation sites (tertiary alicyclic amines) is 1. The quantitative estimate of drug-likeness (QED) is 0.614.